The number of benzene rings is 1. The lowest BCUT2D eigenvalue weighted by atomic mass is 10.0. The first kappa shape index (κ1) is 16.9. The molecule has 1 heterocycles. The fourth-order valence-electron chi connectivity index (χ4n) is 2.40. The number of ether oxygens (including phenoxy) is 1. The number of methoxy groups -OCH3 is 1. The molecular formula is C14H19FN2O4S. The zero-order chi connectivity index (χ0) is 16.2. The molecule has 0 aliphatic carbocycles. The molecule has 0 bridgehead atoms. The minimum Gasteiger partial charge on any atom is -0.465 e. The molecular weight excluding hydrogens is 311 g/mol. The van der Waals surface area contributed by atoms with Crippen LogP contribution in [0.2, 0.25) is 0 Å². The van der Waals surface area contributed by atoms with Crippen LogP contribution in [-0.4, -0.2) is 41.1 Å². The van der Waals surface area contributed by atoms with Crippen LogP contribution < -0.4 is 10.0 Å². The maximum Gasteiger partial charge on any atom is 0.339 e. The van der Waals surface area contributed by atoms with Crippen molar-refractivity contribution in [2.24, 2.45) is 5.92 Å². The largest absolute Gasteiger partial charge is 0.465 e. The summed E-state index contributed by atoms with van der Waals surface area (Å²) in [7, 11) is -2.84. The molecule has 6 nitrogen and oxygen atoms in total. The Balaban J connectivity index is 2.20. The molecule has 1 aromatic rings. The van der Waals surface area contributed by atoms with E-state index in [1.54, 1.807) is 0 Å². The van der Waals surface area contributed by atoms with Crippen LogP contribution in [0.4, 0.5) is 4.39 Å². The van der Waals surface area contributed by atoms with Crippen molar-refractivity contribution in [3.8, 4) is 0 Å². The fourth-order valence-corrected chi connectivity index (χ4v) is 3.72. The second kappa shape index (κ2) is 7.17. The number of nitrogens with one attached hydrogen (secondary N) is 2. The Bertz CT molecular complexity index is 642. The number of piperidine rings is 1. The fraction of sp³-hybridized carbons (Fsp3) is 0.500. The predicted molar refractivity (Wildman–Crippen MR) is 78.5 cm³/mol. The molecule has 1 fully saturated rings. The number of carbonyl (C=O) groups excluding carboxylic acids is 1. The first-order chi connectivity index (χ1) is 10.4. The Hall–Kier alpha value is -1.51. The van der Waals surface area contributed by atoms with Crippen molar-refractivity contribution in [2.45, 2.75) is 17.7 Å². The number of rotatable bonds is 5. The lowest BCUT2D eigenvalue weighted by molar-refractivity contribution is 0.0596. The topological polar surface area (TPSA) is 84.5 Å². The Morgan fingerprint density at radius 2 is 2.27 bits per heavy atom. The molecule has 1 aliphatic heterocycles. The van der Waals surface area contributed by atoms with Crippen molar-refractivity contribution < 1.29 is 22.3 Å². The smallest absolute Gasteiger partial charge is 0.339 e. The summed E-state index contributed by atoms with van der Waals surface area (Å²) in [5, 5.41) is 3.19. The molecule has 1 saturated heterocycles. The number of hydrogen-bond acceptors (Lipinski definition) is 5. The third-order valence-corrected chi connectivity index (χ3v) is 5.06. The summed E-state index contributed by atoms with van der Waals surface area (Å²) >= 11 is 0. The number of halogens is 1. The third-order valence-electron chi connectivity index (χ3n) is 3.60. The molecule has 0 aromatic heterocycles. The van der Waals surface area contributed by atoms with E-state index in [0.717, 1.165) is 51.2 Å². The summed E-state index contributed by atoms with van der Waals surface area (Å²) in [5.41, 5.74) is -0.182. The van der Waals surface area contributed by atoms with Gasteiger partial charge in [0.05, 0.1) is 17.6 Å². The molecule has 0 radical (unpaired) electrons. The third kappa shape index (κ3) is 4.02. The van der Waals surface area contributed by atoms with Crippen LogP contribution in [-0.2, 0) is 14.8 Å². The Morgan fingerprint density at radius 1 is 1.50 bits per heavy atom. The van der Waals surface area contributed by atoms with Gasteiger partial charge in [-0.3, -0.25) is 0 Å². The Kier molecular flexibility index (Phi) is 5.49. The van der Waals surface area contributed by atoms with Gasteiger partial charge in [0.15, 0.2) is 0 Å². The van der Waals surface area contributed by atoms with Gasteiger partial charge in [-0.1, -0.05) is 0 Å². The molecule has 122 valence electrons. The van der Waals surface area contributed by atoms with E-state index in [0.29, 0.717) is 0 Å². The summed E-state index contributed by atoms with van der Waals surface area (Å²) in [6.45, 7) is 1.90. The van der Waals surface area contributed by atoms with E-state index in [9.17, 15) is 17.6 Å². The van der Waals surface area contributed by atoms with Crippen molar-refractivity contribution in [1.29, 1.82) is 0 Å². The Labute approximate surface area is 129 Å². The maximum absolute atomic E-state index is 13.4. The second-order valence-electron chi connectivity index (χ2n) is 5.20. The molecule has 1 aromatic carbocycles. The van der Waals surface area contributed by atoms with Crippen molar-refractivity contribution in [3.63, 3.8) is 0 Å². The highest BCUT2D eigenvalue weighted by molar-refractivity contribution is 7.89. The van der Waals surface area contributed by atoms with Gasteiger partial charge in [-0.05, 0) is 50.0 Å². The van der Waals surface area contributed by atoms with Crippen LogP contribution >= 0.6 is 0 Å². The molecule has 1 atom stereocenters. The van der Waals surface area contributed by atoms with E-state index in [-0.39, 0.29) is 18.0 Å². The van der Waals surface area contributed by atoms with Crippen LogP contribution in [0.3, 0.4) is 0 Å². The van der Waals surface area contributed by atoms with Gasteiger partial charge in [-0.2, -0.15) is 0 Å². The van der Waals surface area contributed by atoms with E-state index in [1.165, 1.54) is 0 Å². The van der Waals surface area contributed by atoms with Crippen LogP contribution in [0.15, 0.2) is 23.1 Å². The number of carbonyl (C=O) groups is 1. The summed E-state index contributed by atoms with van der Waals surface area (Å²) in [5.74, 6) is -1.37. The van der Waals surface area contributed by atoms with Crippen LogP contribution in [0, 0.1) is 11.7 Å². The zero-order valence-electron chi connectivity index (χ0n) is 12.3. The standard InChI is InChI=1S/C14H19FN2O4S/c1-21-14(18)12-5-4-11(15)7-13(12)22(19,20)17-9-10-3-2-6-16-8-10/h4-5,7,10,16-17H,2-3,6,8-9H2,1H3. The minimum atomic E-state index is -3.99. The van der Waals surface area contributed by atoms with Gasteiger partial charge < -0.3 is 10.1 Å². The monoisotopic (exact) mass is 330 g/mol. The molecule has 2 N–H and O–H groups in total. The van der Waals surface area contributed by atoms with Gasteiger partial charge in [0.25, 0.3) is 0 Å². The number of hydrogen-bond donors (Lipinski definition) is 2. The predicted octanol–water partition coefficient (Wildman–Crippen LogP) is 0.890. The average Bonchev–Trinajstić information content (AvgIpc) is 2.53. The lowest BCUT2D eigenvalue weighted by Crippen LogP contribution is -2.38. The Morgan fingerprint density at radius 3 is 2.91 bits per heavy atom. The van der Waals surface area contributed by atoms with Crippen LogP contribution in [0.25, 0.3) is 0 Å². The lowest BCUT2D eigenvalue weighted by Gasteiger charge is -2.23. The van der Waals surface area contributed by atoms with E-state index < -0.39 is 26.7 Å². The number of sulfonamides is 1. The zero-order valence-corrected chi connectivity index (χ0v) is 13.1. The number of esters is 1. The molecule has 1 aliphatic rings. The van der Waals surface area contributed by atoms with Gasteiger partial charge in [0.2, 0.25) is 10.0 Å². The van der Waals surface area contributed by atoms with E-state index in [4.69, 9.17) is 0 Å². The molecule has 22 heavy (non-hydrogen) atoms. The van der Waals surface area contributed by atoms with Crippen LogP contribution in [0.5, 0.6) is 0 Å². The molecule has 0 saturated carbocycles. The molecule has 0 spiro atoms. The highest BCUT2D eigenvalue weighted by Crippen LogP contribution is 2.19. The molecule has 0 amide bonds. The maximum atomic E-state index is 13.4. The molecule has 1 unspecified atom stereocenters. The second-order valence-corrected chi connectivity index (χ2v) is 6.93. The minimum absolute atomic E-state index is 0.179. The van der Waals surface area contributed by atoms with Gasteiger partial charge in [0.1, 0.15) is 5.82 Å². The normalized spacial score (nSPS) is 18.9. The first-order valence-corrected chi connectivity index (χ1v) is 8.50. The molecule has 2 rings (SSSR count). The van der Waals surface area contributed by atoms with E-state index in [2.05, 4.69) is 14.8 Å². The van der Waals surface area contributed by atoms with Gasteiger partial charge in [-0.15, -0.1) is 0 Å². The van der Waals surface area contributed by atoms with Crippen molar-refractivity contribution in [1.82, 2.24) is 10.0 Å². The quantitative estimate of drug-likeness (QED) is 0.783. The van der Waals surface area contributed by atoms with Crippen LogP contribution in [0.1, 0.15) is 23.2 Å². The SMILES string of the molecule is COC(=O)c1ccc(F)cc1S(=O)(=O)NCC1CCCNC1. The van der Waals surface area contributed by atoms with Gasteiger partial charge >= 0.3 is 5.97 Å². The highest BCUT2D eigenvalue weighted by Gasteiger charge is 2.25. The summed E-state index contributed by atoms with van der Waals surface area (Å²) in [6.07, 6.45) is 1.91. The average molecular weight is 330 g/mol. The molecule has 8 heteroatoms. The van der Waals surface area contributed by atoms with Gasteiger partial charge in [-0.25, -0.2) is 22.3 Å². The summed E-state index contributed by atoms with van der Waals surface area (Å²) in [6, 6.07) is 2.96. The van der Waals surface area contributed by atoms with E-state index >= 15 is 0 Å². The summed E-state index contributed by atoms with van der Waals surface area (Å²) in [4.78, 5) is 11.3. The van der Waals surface area contributed by atoms with Crippen molar-refractivity contribution in [2.75, 3.05) is 26.7 Å². The van der Waals surface area contributed by atoms with Crippen molar-refractivity contribution >= 4 is 16.0 Å². The first-order valence-electron chi connectivity index (χ1n) is 7.02. The van der Waals surface area contributed by atoms with Gasteiger partial charge in [0, 0.05) is 6.54 Å². The summed E-state index contributed by atoms with van der Waals surface area (Å²) < 4.78 is 45.1. The van der Waals surface area contributed by atoms with Crippen molar-refractivity contribution in [3.05, 3.63) is 29.6 Å². The van der Waals surface area contributed by atoms with E-state index in [1.807, 2.05) is 0 Å². The highest BCUT2D eigenvalue weighted by atomic mass is 32.2.